The van der Waals surface area contributed by atoms with Gasteiger partial charge in [0.2, 0.25) is 0 Å². The van der Waals surface area contributed by atoms with Crippen LogP contribution in [0.5, 0.6) is 0 Å². The maximum Gasteiger partial charge on any atom is 0.295 e. The molecule has 2 atom stereocenters. The van der Waals surface area contributed by atoms with Crippen molar-refractivity contribution in [3.63, 3.8) is 0 Å². The highest BCUT2D eigenvalue weighted by Gasteiger charge is 2.42. The Morgan fingerprint density at radius 3 is 2.12 bits per heavy atom. The van der Waals surface area contributed by atoms with Gasteiger partial charge >= 0.3 is 0 Å². The van der Waals surface area contributed by atoms with E-state index in [2.05, 4.69) is 72.8 Å². The third-order valence-corrected chi connectivity index (χ3v) is 11.5. The summed E-state index contributed by atoms with van der Waals surface area (Å²) in [7, 11) is -5.65. The van der Waals surface area contributed by atoms with Crippen molar-refractivity contribution in [2.45, 2.75) is 59.0 Å². The number of aryl methyl sites for hydroxylation is 3. The highest BCUT2D eigenvalue weighted by Crippen LogP contribution is 2.56. The molecule has 5 heteroatoms. The molecular formula is C29H33O3PS. The van der Waals surface area contributed by atoms with E-state index in [0.29, 0.717) is 10.7 Å². The lowest BCUT2D eigenvalue weighted by Crippen LogP contribution is -2.38. The molecule has 178 valence electrons. The van der Waals surface area contributed by atoms with Crippen LogP contribution in [0.1, 0.15) is 44.4 Å². The van der Waals surface area contributed by atoms with E-state index in [1.54, 1.807) is 6.07 Å². The van der Waals surface area contributed by atoms with Crippen molar-refractivity contribution >= 4 is 39.4 Å². The van der Waals surface area contributed by atoms with Gasteiger partial charge in [-0.1, -0.05) is 91.2 Å². The lowest BCUT2D eigenvalue weighted by atomic mass is 9.79. The standard InChI is InChI=1S/C29H33O3PS/c1-18-14-20(3)26(21(4)15-18)33(28-22(5)16-19(2)17-29(28,6)7)25-13-12-23-10-8-9-11-24(23)27(25)34(30,31)32/h8-17,28H,1-7H3,(H,30,31,32). The molecule has 0 saturated heterocycles. The average molecular weight is 493 g/mol. The van der Waals surface area contributed by atoms with Crippen LogP contribution in [0, 0.1) is 26.2 Å². The Labute approximate surface area is 205 Å². The molecule has 0 heterocycles. The fourth-order valence-electron chi connectivity index (χ4n) is 5.90. The molecular weight excluding hydrogens is 459 g/mol. The van der Waals surface area contributed by atoms with Crippen LogP contribution in [0.15, 0.2) is 76.7 Å². The molecule has 1 aliphatic rings. The van der Waals surface area contributed by atoms with Crippen LogP contribution in [0.3, 0.4) is 0 Å². The van der Waals surface area contributed by atoms with Gasteiger partial charge in [-0.3, -0.25) is 4.55 Å². The number of hydrogen-bond donors (Lipinski definition) is 1. The van der Waals surface area contributed by atoms with Gasteiger partial charge in [-0.25, -0.2) is 0 Å². The molecule has 0 fully saturated rings. The Balaban J connectivity index is 2.16. The largest absolute Gasteiger partial charge is 0.295 e. The van der Waals surface area contributed by atoms with E-state index in [-0.39, 0.29) is 16.0 Å². The molecule has 0 saturated carbocycles. The van der Waals surface area contributed by atoms with E-state index in [9.17, 15) is 13.0 Å². The van der Waals surface area contributed by atoms with Gasteiger partial charge in [0.1, 0.15) is 4.90 Å². The number of fused-ring (bicyclic) bond motifs is 1. The Morgan fingerprint density at radius 2 is 1.53 bits per heavy atom. The SMILES string of the molecule is CC1=CC(C)(C)C(P(c2ccc3ccccc3c2S(=O)(=O)O)c2c(C)cc(C)cc2C)C(C)=C1. The van der Waals surface area contributed by atoms with Crippen molar-refractivity contribution < 1.29 is 13.0 Å². The summed E-state index contributed by atoms with van der Waals surface area (Å²) in [4.78, 5) is 0.0472. The molecule has 3 aromatic rings. The maximum atomic E-state index is 12.9. The normalized spacial score (nSPS) is 19.0. The van der Waals surface area contributed by atoms with Crippen molar-refractivity contribution in [1.82, 2.24) is 0 Å². The smallest absolute Gasteiger partial charge is 0.282 e. The van der Waals surface area contributed by atoms with E-state index < -0.39 is 18.0 Å². The first-order valence-electron chi connectivity index (χ1n) is 11.6. The second-order valence-corrected chi connectivity index (χ2v) is 13.8. The van der Waals surface area contributed by atoms with Crippen LogP contribution in [0.25, 0.3) is 10.8 Å². The molecule has 3 aromatic carbocycles. The van der Waals surface area contributed by atoms with Crippen LogP contribution in [0.4, 0.5) is 0 Å². The third kappa shape index (κ3) is 4.40. The van der Waals surface area contributed by atoms with Gasteiger partial charge in [0.15, 0.2) is 0 Å². The van der Waals surface area contributed by atoms with Crippen LogP contribution >= 0.6 is 7.92 Å². The van der Waals surface area contributed by atoms with Gasteiger partial charge in [-0.05, 0) is 69.8 Å². The van der Waals surface area contributed by atoms with E-state index in [1.807, 2.05) is 30.3 Å². The fourth-order valence-corrected chi connectivity index (χ4v) is 10.8. The summed E-state index contributed by atoms with van der Waals surface area (Å²) in [6, 6.07) is 15.7. The summed E-state index contributed by atoms with van der Waals surface area (Å²) < 4.78 is 36.4. The molecule has 0 bridgehead atoms. The summed E-state index contributed by atoms with van der Waals surface area (Å²) in [6.45, 7) is 15.1. The van der Waals surface area contributed by atoms with Gasteiger partial charge in [-0.15, -0.1) is 0 Å². The Morgan fingerprint density at radius 1 is 0.912 bits per heavy atom. The van der Waals surface area contributed by atoms with Crippen molar-refractivity contribution in [1.29, 1.82) is 0 Å². The monoisotopic (exact) mass is 492 g/mol. The Kier molecular flexibility index (Phi) is 6.40. The van der Waals surface area contributed by atoms with Gasteiger partial charge in [0.05, 0.1) is 0 Å². The number of rotatable bonds is 4. The van der Waals surface area contributed by atoms with Crippen molar-refractivity contribution in [3.05, 3.63) is 88.5 Å². The highest BCUT2D eigenvalue weighted by molar-refractivity contribution is 7.87. The Hall–Kier alpha value is -2.26. The summed E-state index contributed by atoms with van der Waals surface area (Å²) >= 11 is 0. The topological polar surface area (TPSA) is 54.4 Å². The minimum absolute atomic E-state index is 0.0472. The third-order valence-electron chi connectivity index (χ3n) is 6.70. The van der Waals surface area contributed by atoms with Crippen molar-refractivity contribution in [3.8, 4) is 0 Å². The van der Waals surface area contributed by atoms with Crippen LogP contribution in [0.2, 0.25) is 0 Å². The first-order chi connectivity index (χ1) is 15.8. The first kappa shape index (κ1) is 24.9. The highest BCUT2D eigenvalue weighted by atomic mass is 32.2. The molecule has 0 radical (unpaired) electrons. The Bertz CT molecular complexity index is 1440. The van der Waals surface area contributed by atoms with Crippen molar-refractivity contribution in [2.75, 3.05) is 0 Å². The quantitative estimate of drug-likeness (QED) is 0.324. The second kappa shape index (κ2) is 8.75. The minimum atomic E-state index is -4.47. The molecule has 34 heavy (non-hydrogen) atoms. The molecule has 1 aliphatic carbocycles. The van der Waals surface area contributed by atoms with Crippen LogP contribution in [-0.2, 0) is 10.1 Å². The fraction of sp³-hybridized carbons (Fsp3) is 0.310. The average Bonchev–Trinajstić information content (AvgIpc) is 2.69. The molecule has 0 amide bonds. The summed E-state index contributed by atoms with van der Waals surface area (Å²) in [5.41, 5.74) is 5.85. The van der Waals surface area contributed by atoms with Gasteiger partial charge in [0.25, 0.3) is 10.1 Å². The van der Waals surface area contributed by atoms with E-state index >= 15 is 0 Å². The zero-order chi connectivity index (χ0) is 25.0. The summed E-state index contributed by atoms with van der Waals surface area (Å²) in [5.74, 6) is 0. The van der Waals surface area contributed by atoms with Gasteiger partial charge in [-0.2, -0.15) is 8.42 Å². The lowest BCUT2D eigenvalue weighted by Gasteiger charge is -2.43. The predicted molar refractivity (Wildman–Crippen MR) is 146 cm³/mol. The molecule has 0 aromatic heterocycles. The molecule has 4 rings (SSSR count). The molecule has 3 nitrogen and oxygen atoms in total. The number of allylic oxidation sites excluding steroid dienone is 4. The maximum absolute atomic E-state index is 12.9. The number of benzene rings is 3. The van der Waals surface area contributed by atoms with Gasteiger partial charge < -0.3 is 0 Å². The summed E-state index contributed by atoms with van der Waals surface area (Å²) in [6.07, 6.45) is 4.52. The molecule has 1 N–H and O–H groups in total. The first-order valence-corrected chi connectivity index (χ1v) is 14.4. The van der Waals surface area contributed by atoms with Crippen LogP contribution in [-0.4, -0.2) is 18.6 Å². The summed E-state index contributed by atoms with van der Waals surface area (Å²) in [5, 5.41) is 3.28. The van der Waals surface area contributed by atoms with E-state index in [4.69, 9.17) is 0 Å². The molecule has 0 spiro atoms. The molecule has 0 aliphatic heterocycles. The van der Waals surface area contributed by atoms with E-state index in [0.717, 1.165) is 16.5 Å². The zero-order valence-corrected chi connectivity index (χ0v) is 22.7. The van der Waals surface area contributed by atoms with E-state index in [1.165, 1.54) is 22.0 Å². The second-order valence-electron chi connectivity index (χ2n) is 10.2. The predicted octanol–water partition coefficient (Wildman–Crippen LogP) is 6.75. The van der Waals surface area contributed by atoms with Gasteiger partial charge in [0, 0.05) is 16.3 Å². The number of hydrogen-bond acceptors (Lipinski definition) is 2. The minimum Gasteiger partial charge on any atom is -0.282 e. The van der Waals surface area contributed by atoms with Crippen LogP contribution < -0.4 is 10.6 Å². The zero-order valence-electron chi connectivity index (χ0n) is 21.0. The van der Waals surface area contributed by atoms with Crippen molar-refractivity contribution in [2.24, 2.45) is 5.41 Å². The lowest BCUT2D eigenvalue weighted by molar-refractivity contribution is 0.475. The molecule has 2 unspecified atom stereocenters.